The topological polar surface area (TPSA) is 101 Å². The number of β-amino-alcohol motifs (C(OH)–C–C–N with tert-alkyl or cyclic N) is 1. The summed E-state index contributed by atoms with van der Waals surface area (Å²) in [6.07, 6.45) is -3.95. The maximum Gasteiger partial charge on any atom is 0.323 e. The van der Waals surface area contributed by atoms with Crippen molar-refractivity contribution in [2.24, 2.45) is 0 Å². The van der Waals surface area contributed by atoms with Crippen LogP contribution in [0.1, 0.15) is 0 Å². The van der Waals surface area contributed by atoms with Crippen molar-refractivity contribution >= 4 is 5.97 Å². The van der Waals surface area contributed by atoms with Crippen molar-refractivity contribution < 1.29 is 157 Å². The van der Waals surface area contributed by atoms with E-state index in [4.69, 9.17) is 5.11 Å². The number of aliphatic hydroxyl groups is 3. The van der Waals surface area contributed by atoms with Gasteiger partial charge in [-0.15, -0.1) is 0 Å². The Morgan fingerprint density at radius 2 is 1.56 bits per heavy atom. The maximum absolute atomic E-state index is 10.6. The molecule has 85 valence electrons. The molecule has 1 aliphatic heterocycles. The van der Waals surface area contributed by atoms with Gasteiger partial charge in [0.1, 0.15) is 18.2 Å². The van der Waals surface area contributed by atoms with Gasteiger partial charge in [0, 0.05) is 139 Å². The average molecular weight is 872 g/mol. The molecule has 4 atom stereocenters. The molecule has 0 saturated carbocycles. The van der Waals surface area contributed by atoms with Crippen LogP contribution in [0, 0.1) is 132 Å². The molecule has 0 bridgehead atoms. The molecule has 6 nitrogen and oxygen atoms in total. The Morgan fingerprint density at radius 3 is 1.94 bits per heavy atom. The number of aliphatic hydroxyl groups excluding tert-OH is 3. The summed E-state index contributed by atoms with van der Waals surface area (Å²) in [5.41, 5.74) is 0. The molecule has 3 radical (unpaired) electrons. The van der Waals surface area contributed by atoms with E-state index in [2.05, 4.69) is 0 Å². The van der Waals surface area contributed by atoms with E-state index in [1.54, 1.807) is 0 Å². The minimum atomic E-state index is -1.45. The van der Waals surface area contributed by atoms with Crippen LogP contribution in [0.25, 0.3) is 0 Å². The first kappa shape index (κ1) is 24.6. The molecule has 1 fully saturated rings. The summed E-state index contributed by atoms with van der Waals surface area (Å²) in [6, 6.07) is -1.15. The van der Waals surface area contributed by atoms with Gasteiger partial charge in [0.25, 0.3) is 0 Å². The average Bonchev–Trinajstić information content (AvgIpc) is 1.99. The molecule has 1 aliphatic rings. The second-order valence-corrected chi connectivity index (χ2v) is 3.27. The van der Waals surface area contributed by atoms with Gasteiger partial charge in [0.15, 0.2) is 0 Å². The summed E-state index contributed by atoms with van der Waals surface area (Å²) < 4.78 is 0. The standard InChI is InChI=1S/C7H13NO5.3Ac/c1-8-2-3(9)5(10)6(11)4(8)7(12)13;;;/h3-6,9-11H,2H2,1H3,(H,12,13);;;/t3-,4+,5+,6+;;;/m1.../s1. The van der Waals surface area contributed by atoms with E-state index in [9.17, 15) is 20.1 Å². The molecule has 16 heavy (non-hydrogen) atoms. The van der Waals surface area contributed by atoms with Crippen LogP contribution in [0.15, 0.2) is 0 Å². The number of piperidine rings is 1. The summed E-state index contributed by atoms with van der Waals surface area (Å²) in [4.78, 5) is 11.9. The number of nitrogens with zero attached hydrogens (tertiary/aromatic N) is 1. The zero-order valence-electron chi connectivity index (χ0n) is 8.89. The fourth-order valence-electron chi connectivity index (χ4n) is 1.53. The molecule has 0 spiro atoms. The molecule has 9 heteroatoms. The Balaban J connectivity index is -0.000000563. The summed E-state index contributed by atoms with van der Waals surface area (Å²) >= 11 is 0. The molecule has 0 amide bonds. The Kier molecular flexibility index (Phi) is 17.4. The number of likely N-dealkylation sites (tertiary alicyclic amines) is 1. The summed E-state index contributed by atoms with van der Waals surface area (Å²) in [6.45, 7) is 0.0369. The monoisotopic (exact) mass is 872 g/mol. The van der Waals surface area contributed by atoms with Gasteiger partial charge in [-0.05, 0) is 7.05 Å². The number of rotatable bonds is 1. The second kappa shape index (κ2) is 11.3. The number of likely N-dealkylation sites (N-methyl/N-ethyl adjacent to an activating group) is 1. The molecular formula is C7H13Ac3NO5. The van der Waals surface area contributed by atoms with Crippen molar-refractivity contribution in [3.05, 3.63) is 0 Å². The summed E-state index contributed by atoms with van der Waals surface area (Å²) in [5.74, 6) is -1.21. The smallest absolute Gasteiger partial charge is 0.323 e. The van der Waals surface area contributed by atoms with Gasteiger partial charge in [-0.2, -0.15) is 0 Å². The minimum Gasteiger partial charge on any atom is -0.480 e. The molecule has 0 aromatic rings. The van der Waals surface area contributed by atoms with Crippen LogP contribution in [0.5, 0.6) is 0 Å². The van der Waals surface area contributed by atoms with E-state index in [0.29, 0.717) is 0 Å². The first-order valence-corrected chi connectivity index (χ1v) is 3.92. The number of hydrogen-bond donors (Lipinski definition) is 4. The number of aliphatic carboxylic acids is 1. The second-order valence-electron chi connectivity index (χ2n) is 3.27. The molecule has 0 aliphatic carbocycles. The van der Waals surface area contributed by atoms with Crippen LogP contribution < -0.4 is 0 Å². The first-order chi connectivity index (χ1) is 5.95. The van der Waals surface area contributed by atoms with Crippen LogP contribution in [0.4, 0.5) is 0 Å². The maximum atomic E-state index is 10.6. The molecular weight excluding hydrogens is 859 g/mol. The van der Waals surface area contributed by atoms with E-state index in [1.807, 2.05) is 0 Å². The fraction of sp³-hybridized carbons (Fsp3) is 0.857. The zero-order chi connectivity index (χ0) is 10.2. The number of hydrogen-bond acceptors (Lipinski definition) is 5. The van der Waals surface area contributed by atoms with Crippen LogP contribution in [-0.4, -0.2) is 69.2 Å². The van der Waals surface area contributed by atoms with E-state index in [-0.39, 0.29) is 139 Å². The Hall–Kier alpha value is 3.63. The molecule has 4 N–H and O–H groups in total. The Labute approximate surface area is 201 Å². The molecule has 0 aromatic heterocycles. The van der Waals surface area contributed by atoms with E-state index in [1.165, 1.54) is 11.9 Å². The fourth-order valence-corrected chi connectivity index (χ4v) is 1.53. The van der Waals surface area contributed by atoms with Gasteiger partial charge >= 0.3 is 5.97 Å². The van der Waals surface area contributed by atoms with Crippen molar-refractivity contribution in [2.75, 3.05) is 13.6 Å². The predicted molar refractivity (Wildman–Crippen MR) is 42.1 cm³/mol. The van der Waals surface area contributed by atoms with Crippen molar-refractivity contribution in [3.63, 3.8) is 0 Å². The molecule has 1 heterocycles. The van der Waals surface area contributed by atoms with Gasteiger partial charge in [0.2, 0.25) is 0 Å². The SMILES string of the molecule is CN1C[C@@H](O)[C@H](O)[C@@H](O)[C@H]1C(=O)O.[Ac].[Ac].[Ac]. The normalized spacial score (nSPS) is 34.0. The van der Waals surface area contributed by atoms with Gasteiger partial charge in [-0.1, -0.05) is 0 Å². The molecule has 0 unspecified atom stereocenters. The molecule has 1 saturated heterocycles. The van der Waals surface area contributed by atoms with Crippen LogP contribution in [-0.2, 0) is 4.79 Å². The molecule has 1 rings (SSSR count). The van der Waals surface area contributed by atoms with Crippen molar-refractivity contribution in [3.8, 4) is 0 Å². The van der Waals surface area contributed by atoms with Gasteiger partial charge in [-0.25, -0.2) is 0 Å². The number of carbonyl (C=O) groups is 1. The number of carboxylic acids is 1. The van der Waals surface area contributed by atoms with Crippen molar-refractivity contribution in [1.82, 2.24) is 4.90 Å². The third-order valence-electron chi connectivity index (χ3n) is 2.27. The molecule has 0 aromatic carbocycles. The summed E-state index contributed by atoms with van der Waals surface area (Å²) in [7, 11) is 1.47. The van der Waals surface area contributed by atoms with Crippen molar-refractivity contribution in [2.45, 2.75) is 24.4 Å². The van der Waals surface area contributed by atoms with Crippen molar-refractivity contribution in [1.29, 1.82) is 0 Å². The Bertz CT molecular complexity index is 220. The van der Waals surface area contributed by atoms with Gasteiger partial charge in [0.05, 0.1) is 6.10 Å². The van der Waals surface area contributed by atoms with Gasteiger partial charge in [-0.3, -0.25) is 9.69 Å². The van der Waals surface area contributed by atoms with E-state index >= 15 is 0 Å². The van der Waals surface area contributed by atoms with E-state index in [0.717, 1.165) is 0 Å². The predicted octanol–water partition coefficient (Wildman–Crippen LogP) is -2.53. The third-order valence-corrected chi connectivity index (χ3v) is 2.27. The Morgan fingerprint density at radius 1 is 1.12 bits per heavy atom. The third kappa shape index (κ3) is 6.39. The van der Waals surface area contributed by atoms with Crippen LogP contribution >= 0.6 is 0 Å². The van der Waals surface area contributed by atoms with Gasteiger partial charge < -0.3 is 20.4 Å². The van der Waals surface area contributed by atoms with E-state index < -0.39 is 30.3 Å². The zero-order valence-corrected chi connectivity index (χ0v) is 23.1. The summed E-state index contributed by atoms with van der Waals surface area (Å²) in [5, 5.41) is 36.4. The largest absolute Gasteiger partial charge is 0.480 e. The van der Waals surface area contributed by atoms with Crippen LogP contribution in [0.2, 0.25) is 0 Å². The first-order valence-electron chi connectivity index (χ1n) is 3.92. The van der Waals surface area contributed by atoms with Crippen LogP contribution in [0.3, 0.4) is 0 Å². The minimum absolute atomic E-state index is 0. The number of carboxylic acid groups (broad SMARTS) is 1. The quantitative estimate of drug-likeness (QED) is 0.232.